The van der Waals surface area contributed by atoms with Crippen LogP contribution in [-0.2, 0) is 20.0 Å². The van der Waals surface area contributed by atoms with E-state index in [2.05, 4.69) is 9.44 Å². The highest BCUT2D eigenvalue weighted by atomic mass is 35.5. The third kappa shape index (κ3) is 5.27. The molecule has 0 fully saturated rings. The van der Waals surface area contributed by atoms with Gasteiger partial charge in [-0.2, -0.15) is 0 Å². The van der Waals surface area contributed by atoms with Gasteiger partial charge in [0.1, 0.15) is 16.5 Å². The molecule has 11 heteroatoms. The molecule has 7 nitrogen and oxygen atoms in total. The number of halogens is 2. The van der Waals surface area contributed by atoms with E-state index in [1.807, 2.05) is 0 Å². The van der Waals surface area contributed by atoms with E-state index in [1.54, 1.807) is 19.1 Å². The quantitative estimate of drug-likeness (QED) is 0.517. The summed E-state index contributed by atoms with van der Waals surface area (Å²) in [5.74, 6) is -0.466. The smallest absolute Gasteiger partial charge is 0.264 e. The molecule has 0 aliphatic heterocycles. The number of methoxy groups -OCH3 is 1. The molecule has 0 unspecified atom stereocenters. The maximum atomic E-state index is 14.1. The third-order valence-corrected chi connectivity index (χ3v) is 7.30. The van der Waals surface area contributed by atoms with Crippen LogP contribution < -0.4 is 14.2 Å². The lowest BCUT2D eigenvalue weighted by molar-refractivity contribution is 0.415. The van der Waals surface area contributed by atoms with Crippen molar-refractivity contribution in [3.63, 3.8) is 0 Å². The molecule has 31 heavy (non-hydrogen) atoms. The second-order valence-corrected chi connectivity index (χ2v) is 10.3. The third-order valence-electron chi connectivity index (χ3n) is 4.29. The predicted octanol–water partition coefficient (Wildman–Crippen LogP) is 4.40. The van der Waals surface area contributed by atoms with Crippen molar-refractivity contribution in [2.24, 2.45) is 0 Å². The van der Waals surface area contributed by atoms with Gasteiger partial charge in [0.05, 0.1) is 17.7 Å². The molecule has 0 spiro atoms. The molecule has 2 N–H and O–H groups in total. The zero-order chi connectivity index (χ0) is 22.8. The van der Waals surface area contributed by atoms with Crippen LogP contribution in [0.4, 0.5) is 15.8 Å². The Morgan fingerprint density at radius 3 is 2.16 bits per heavy atom. The average molecular weight is 485 g/mol. The number of aryl methyl sites for hydroxylation is 1. The van der Waals surface area contributed by atoms with E-state index in [4.69, 9.17) is 16.3 Å². The van der Waals surface area contributed by atoms with Gasteiger partial charge in [0.25, 0.3) is 20.0 Å². The maximum absolute atomic E-state index is 14.1. The lowest BCUT2D eigenvalue weighted by atomic mass is 10.2. The number of hydrogen-bond donors (Lipinski definition) is 2. The van der Waals surface area contributed by atoms with Gasteiger partial charge in [-0.3, -0.25) is 9.44 Å². The summed E-state index contributed by atoms with van der Waals surface area (Å²) in [5, 5.41) is 0.0466. The molecule has 0 amide bonds. The number of nitrogens with one attached hydrogen (secondary N) is 2. The molecular formula is C20H18ClFN2O5S2. The van der Waals surface area contributed by atoms with Crippen LogP contribution in [0.25, 0.3) is 0 Å². The molecule has 0 atom stereocenters. The molecule has 0 saturated carbocycles. The van der Waals surface area contributed by atoms with E-state index in [-0.39, 0.29) is 15.6 Å². The Bertz CT molecular complexity index is 1330. The lowest BCUT2D eigenvalue weighted by Gasteiger charge is -2.14. The van der Waals surface area contributed by atoms with E-state index in [1.165, 1.54) is 37.4 Å². The molecule has 0 aliphatic rings. The van der Waals surface area contributed by atoms with Crippen molar-refractivity contribution in [2.75, 3.05) is 16.6 Å². The second-order valence-electron chi connectivity index (χ2n) is 6.49. The van der Waals surface area contributed by atoms with Crippen molar-refractivity contribution in [1.82, 2.24) is 0 Å². The van der Waals surface area contributed by atoms with Crippen molar-refractivity contribution in [3.05, 3.63) is 77.1 Å². The zero-order valence-corrected chi connectivity index (χ0v) is 18.8. The van der Waals surface area contributed by atoms with Gasteiger partial charge in [0.15, 0.2) is 0 Å². The van der Waals surface area contributed by atoms with Crippen LogP contribution in [0.3, 0.4) is 0 Å². The summed E-state index contributed by atoms with van der Waals surface area (Å²) in [7, 11) is -6.86. The Balaban J connectivity index is 1.91. The van der Waals surface area contributed by atoms with Gasteiger partial charge >= 0.3 is 0 Å². The van der Waals surface area contributed by atoms with Gasteiger partial charge in [-0.25, -0.2) is 21.2 Å². The molecule has 0 heterocycles. The Kier molecular flexibility index (Phi) is 6.44. The topological polar surface area (TPSA) is 102 Å². The largest absolute Gasteiger partial charge is 0.497 e. The van der Waals surface area contributed by atoms with Crippen molar-refractivity contribution < 1.29 is 26.0 Å². The predicted molar refractivity (Wildman–Crippen MR) is 117 cm³/mol. The first-order valence-electron chi connectivity index (χ1n) is 8.77. The standard InChI is InChI=1S/C20H18ClFN2O5S2/c1-13-3-9-17(30(25,26)23-15-5-7-16(29-2)8-6-15)12-19(13)24-31(27,28)20-10-4-14(21)11-18(20)22/h3-12,23-24H,1-2H3. The first-order valence-corrected chi connectivity index (χ1v) is 12.1. The van der Waals surface area contributed by atoms with Gasteiger partial charge in [-0.1, -0.05) is 17.7 Å². The van der Waals surface area contributed by atoms with Gasteiger partial charge in [0.2, 0.25) is 0 Å². The summed E-state index contributed by atoms with van der Waals surface area (Å²) in [4.78, 5) is -0.788. The van der Waals surface area contributed by atoms with Crippen LogP contribution >= 0.6 is 11.6 Å². The normalized spacial score (nSPS) is 11.7. The van der Waals surface area contributed by atoms with Gasteiger partial charge in [-0.15, -0.1) is 0 Å². The summed E-state index contributed by atoms with van der Waals surface area (Å²) in [5.41, 5.74) is 0.736. The van der Waals surface area contributed by atoms with E-state index in [9.17, 15) is 21.2 Å². The Morgan fingerprint density at radius 1 is 0.871 bits per heavy atom. The highest BCUT2D eigenvalue weighted by Gasteiger charge is 2.22. The van der Waals surface area contributed by atoms with E-state index >= 15 is 0 Å². The fourth-order valence-electron chi connectivity index (χ4n) is 2.64. The molecule has 164 valence electrons. The Morgan fingerprint density at radius 2 is 1.55 bits per heavy atom. The van der Waals surface area contributed by atoms with Gasteiger partial charge in [-0.05, 0) is 67.1 Å². The molecule has 3 aromatic carbocycles. The molecule has 0 bridgehead atoms. The fourth-order valence-corrected chi connectivity index (χ4v) is 5.07. The number of sulfonamides is 2. The number of rotatable bonds is 7. The van der Waals surface area contributed by atoms with Crippen LogP contribution in [0.1, 0.15) is 5.56 Å². The molecule has 3 aromatic rings. The number of ether oxygens (including phenoxy) is 1. The number of hydrogen-bond acceptors (Lipinski definition) is 5. The minimum Gasteiger partial charge on any atom is -0.497 e. The summed E-state index contributed by atoms with van der Waals surface area (Å²) in [6, 6.07) is 13.3. The molecule has 0 saturated heterocycles. The van der Waals surface area contributed by atoms with Crippen LogP contribution in [0.15, 0.2) is 70.5 Å². The summed E-state index contributed by atoms with van der Waals surface area (Å²) in [6.07, 6.45) is 0. The Hall–Kier alpha value is -2.82. The second kappa shape index (κ2) is 8.74. The molecule has 0 aliphatic carbocycles. The summed E-state index contributed by atoms with van der Waals surface area (Å²) in [6.45, 7) is 1.59. The molecular weight excluding hydrogens is 467 g/mol. The average Bonchev–Trinajstić information content (AvgIpc) is 2.69. The van der Waals surface area contributed by atoms with E-state index in [0.29, 0.717) is 17.0 Å². The van der Waals surface area contributed by atoms with Gasteiger partial charge < -0.3 is 4.74 Å². The number of anilines is 2. The van der Waals surface area contributed by atoms with E-state index in [0.717, 1.165) is 18.2 Å². The van der Waals surface area contributed by atoms with Crippen molar-refractivity contribution in [2.45, 2.75) is 16.7 Å². The lowest BCUT2D eigenvalue weighted by Crippen LogP contribution is -2.17. The van der Waals surface area contributed by atoms with Gasteiger partial charge in [0, 0.05) is 10.7 Å². The Labute approximate surface area is 184 Å². The summed E-state index contributed by atoms with van der Waals surface area (Å²) >= 11 is 5.67. The highest BCUT2D eigenvalue weighted by molar-refractivity contribution is 7.93. The molecule has 3 rings (SSSR count). The first kappa shape index (κ1) is 22.9. The van der Waals surface area contributed by atoms with Crippen LogP contribution in [0.5, 0.6) is 5.75 Å². The highest BCUT2D eigenvalue weighted by Crippen LogP contribution is 2.27. The maximum Gasteiger partial charge on any atom is 0.264 e. The zero-order valence-electron chi connectivity index (χ0n) is 16.4. The van der Waals surface area contributed by atoms with Crippen LogP contribution in [0, 0.1) is 12.7 Å². The first-order chi connectivity index (χ1) is 14.5. The molecule has 0 aromatic heterocycles. The van der Waals surface area contributed by atoms with Crippen molar-refractivity contribution in [3.8, 4) is 5.75 Å². The van der Waals surface area contributed by atoms with Crippen molar-refractivity contribution >= 4 is 43.0 Å². The summed E-state index contributed by atoms with van der Waals surface area (Å²) < 4.78 is 74.5. The van der Waals surface area contributed by atoms with Crippen LogP contribution in [0.2, 0.25) is 5.02 Å². The minimum atomic E-state index is -4.32. The van der Waals surface area contributed by atoms with E-state index < -0.39 is 30.8 Å². The SMILES string of the molecule is COc1ccc(NS(=O)(=O)c2ccc(C)c(NS(=O)(=O)c3ccc(Cl)cc3F)c2)cc1. The minimum absolute atomic E-state index is 0.00745. The monoisotopic (exact) mass is 484 g/mol. The van der Waals surface area contributed by atoms with Crippen molar-refractivity contribution in [1.29, 1.82) is 0 Å². The number of benzene rings is 3. The molecule has 0 radical (unpaired) electrons. The fraction of sp³-hybridized carbons (Fsp3) is 0.100. The van der Waals surface area contributed by atoms with Crippen LogP contribution in [-0.4, -0.2) is 23.9 Å².